The predicted molar refractivity (Wildman–Crippen MR) is 97.9 cm³/mol. The predicted octanol–water partition coefficient (Wildman–Crippen LogP) is 2.47. The molecule has 0 aliphatic carbocycles. The lowest BCUT2D eigenvalue weighted by atomic mass is 9.96. The summed E-state index contributed by atoms with van der Waals surface area (Å²) < 4.78 is 2.42. The molecule has 0 aromatic carbocycles. The van der Waals surface area contributed by atoms with Crippen molar-refractivity contribution in [3.05, 3.63) is 40.4 Å². The third kappa shape index (κ3) is 2.75. The van der Waals surface area contributed by atoms with Gasteiger partial charge in [-0.3, -0.25) is 4.98 Å². The number of nitrogens with two attached hydrogens (primary N) is 1. The van der Waals surface area contributed by atoms with E-state index in [-0.39, 0.29) is 0 Å². The topological polar surface area (TPSA) is 105 Å². The number of nitrogens with one attached hydrogen (secondary N) is 1. The molecule has 4 heterocycles. The second-order valence-corrected chi connectivity index (χ2v) is 6.90. The zero-order valence-electron chi connectivity index (χ0n) is 13.4. The van der Waals surface area contributed by atoms with Gasteiger partial charge < -0.3 is 11.1 Å². The molecular weight excluding hydrogens is 382 g/mol. The highest BCUT2D eigenvalue weighted by atomic mass is 79.9. The van der Waals surface area contributed by atoms with Crippen molar-refractivity contribution in [1.82, 2.24) is 24.9 Å². The zero-order chi connectivity index (χ0) is 17.4. The van der Waals surface area contributed by atoms with Crippen LogP contribution in [0.15, 0.2) is 29.1 Å². The highest BCUT2D eigenvalue weighted by Crippen LogP contribution is 2.34. The first-order valence-corrected chi connectivity index (χ1v) is 8.87. The highest BCUT2D eigenvalue weighted by molar-refractivity contribution is 9.10. The second-order valence-electron chi connectivity index (χ2n) is 6.11. The molecule has 7 nitrogen and oxygen atoms in total. The standard InChI is InChI=1S/C17H16BrN7/c18-14-15(11-2-1-3-21-7-11)24-17-13(9-23-25(17)16(14)20)12-4-10(5-19)6-22-8-12/h4,6,8-9,11,21H,1-3,7,20H2. The summed E-state index contributed by atoms with van der Waals surface area (Å²) in [5, 5.41) is 16.9. The molecule has 1 aliphatic rings. The number of piperidine rings is 1. The molecule has 3 aromatic heterocycles. The maximum absolute atomic E-state index is 9.11. The Morgan fingerprint density at radius 2 is 2.24 bits per heavy atom. The minimum Gasteiger partial charge on any atom is -0.383 e. The molecule has 8 heteroatoms. The summed E-state index contributed by atoms with van der Waals surface area (Å²) in [7, 11) is 0. The third-order valence-electron chi connectivity index (χ3n) is 4.51. The van der Waals surface area contributed by atoms with Crippen LogP contribution >= 0.6 is 15.9 Å². The molecule has 0 saturated carbocycles. The lowest BCUT2D eigenvalue weighted by Gasteiger charge is -2.23. The van der Waals surface area contributed by atoms with Crippen LogP contribution in [0.2, 0.25) is 0 Å². The van der Waals surface area contributed by atoms with Gasteiger partial charge >= 0.3 is 0 Å². The molecule has 1 aliphatic heterocycles. The van der Waals surface area contributed by atoms with Gasteiger partial charge in [-0.05, 0) is 41.4 Å². The molecule has 1 atom stereocenters. The van der Waals surface area contributed by atoms with Crippen molar-refractivity contribution >= 4 is 27.4 Å². The van der Waals surface area contributed by atoms with Crippen LogP contribution in [0.5, 0.6) is 0 Å². The molecule has 3 N–H and O–H groups in total. The van der Waals surface area contributed by atoms with Crippen molar-refractivity contribution in [2.24, 2.45) is 0 Å². The normalized spacial score (nSPS) is 17.5. The smallest absolute Gasteiger partial charge is 0.165 e. The summed E-state index contributed by atoms with van der Waals surface area (Å²) in [5.41, 5.74) is 10.0. The van der Waals surface area contributed by atoms with Crippen molar-refractivity contribution in [2.45, 2.75) is 18.8 Å². The van der Waals surface area contributed by atoms with Crippen LogP contribution in [-0.2, 0) is 0 Å². The minimum atomic E-state index is 0.307. The molecule has 0 radical (unpaired) electrons. The summed E-state index contributed by atoms with van der Waals surface area (Å²) in [5.74, 6) is 0.836. The molecule has 0 amide bonds. The molecular formula is C17H16BrN7. The zero-order valence-corrected chi connectivity index (χ0v) is 15.0. The van der Waals surface area contributed by atoms with E-state index in [4.69, 9.17) is 16.0 Å². The van der Waals surface area contributed by atoms with Gasteiger partial charge in [-0.2, -0.15) is 14.9 Å². The van der Waals surface area contributed by atoms with Crippen molar-refractivity contribution < 1.29 is 0 Å². The summed E-state index contributed by atoms with van der Waals surface area (Å²) >= 11 is 3.59. The fourth-order valence-corrected chi connectivity index (χ4v) is 3.80. The number of nitrogens with zero attached hydrogens (tertiary/aromatic N) is 5. The number of pyridine rings is 1. The van der Waals surface area contributed by atoms with Crippen LogP contribution in [0.1, 0.15) is 30.0 Å². The Morgan fingerprint density at radius 1 is 1.36 bits per heavy atom. The Balaban J connectivity index is 1.89. The molecule has 3 aromatic rings. The number of hydrogen-bond donors (Lipinski definition) is 2. The van der Waals surface area contributed by atoms with Gasteiger partial charge in [0.15, 0.2) is 5.65 Å². The van der Waals surface area contributed by atoms with E-state index in [0.717, 1.165) is 47.2 Å². The Bertz CT molecular complexity index is 983. The Morgan fingerprint density at radius 3 is 3.00 bits per heavy atom. The summed E-state index contributed by atoms with van der Waals surface area (Å²) in [6.07, 6.45) is 7.14. The van der Waals surface area contributed by atoms with Crippen molar-refractivity contribution in [3.63, 3.8) is 0 Å². The van der Waals surface area contributed by atoms with Gasteiger partial charge in [0.05, 0.1) is 21.9 Å². The molecule has 1 fully saturated rings. The molecule has 1 unspecified atom stereocenters. The van der Waals surface area contributed by atoms with E-state index in [1.165, 1.54) is 6.20 Å². The van der Waals surface area contributed by atoms with Crippen molar-refractivity contribution in [1.29, 1.82) is 5.26 Å². The summed E-state index contributed by atoms with van der Waals surface area (Å²) in [6.45, 7) is 1.92. The van der Waals surface area contributed by atoms with E-state index >= 15 is 0 Å². The number of nitriles is 1. The number of fused-ring (bicyclic) bond motifs is 1. The van der Waals surface area contributed by atoms with E-state index in [1.807, 2.05) is 0 Å². The van der Waals surface area contributed by atoms with Crippen LogP contribution in [0.25, 0.3) is 16.8 Å². The first kappa shape index (κ1) is 16.0. The fraction of sp³-hybridized carbons (Fsp3) is 0.294. The van der Waals surface area contributed by atoms with E-state index in [1.54, 1.807) is 23.0 Å². The van der Waals surface area contributed by atoms with E-state index in [9.17, 15) is 0 Å². The molecule has 25 heavy (non-hydrogen) atoms. The van der Waals surface area contributed by atoms with Crippen LogP contribution in [-0.4, -0.2) is 32.7 Å². The third-order valence-corrected chi connectivity index (χ3v) is 5.32. The Kier molecular flexibility index (Phi) is 4.11. The molecule has 1 saturated heterocycles. The van der Waals surface area contributed by atoms with Crippen LogP contribution in [0, 0.1) is 11.3 Å². The largest absolute Gasteiger partial charge is 0.383 e. The molecule has 126 valence electrons. The minimum absolute atomic E-state index is 0.307. The summed E-state index contributed by atoms with van der Waals surface area (Å²) in [4.78, 5) is 9.01. The first-order chi connectivity index (χ1) is 12.2. The number of rotatable bonds is 2. The average Bonchev–Trinajstić information content (AvgIpc) is 3.09. The number of hydrogen-bond acceptors (Lipinski definition) is 6. The fourth-order valence-electron chi connectivity index (χ4n) is 3.22. The number of aromatic nitrogens is 4. The van der Waals surface area contributed by atoms with E-state index < -0.39 is 0 Å². The number of anilines is 1. The van der Waals surface area contributed by atoms with Crippen LogP contribution < -0.4 is 11.1 Å². The van der Waals surface area contributed by atoms with E-state index in [0.29, 0.717) is 22.9 Å². The first-order valence-electron chi connectivity index (χ1n) is 8.08. The van der Waals surface area contributed by atoms with Crippen LogP contribution in [0.3, 0.4) is 0 Å². The SMILES string of the molecule is N#Cc1cncc(-c2cnn3c(N)c(Br)c(C4CCCNC4)nc23)c1. The second kappa shape index (κ2) is 6.43. The van der Waals surface area contributed by atoms with Gasteiger partial charge in [-0.15, -0.1) is 0 Å². The number of halogens is 1. The summed E-state index contributed by atoms with van der Waals surface area (Å²) in [6, 6.07) is 3.89. The van der Waals surface area contributed by atoms with Gasteiger partial charge in [0.25, 0.3) is 0 Å². The molecule has 0 spiro atoms. The Labute approximate surface area is 153 Å². The monoisotopic (exact) mass is 397 g/mol. The van der Waals surface area contributed by atoms with Crippen molar-refractivity contribution in [3.8, 4) is 17.2 Å². The number of nitrogen functional groups attached to an aromatic ring is 1. The quantitative estimate of drug-likeness (QED) is 0.687. The Hall–Kier alpha value is -2.50. The highest BCUT2D eigenvalue weighted by Gasteiger charge is 2.23. The lowest BCUT2D eigenvalue weighted by Crippen LogP contribution is -2.29. The van der Waals surface area contributed by atoms with Gasteiger partial charge in [-0.1, -0.05) is 0 Å². The van der Waals surface area contributed by atoms with Gasteiger partial charge in [0.2, 0.25) is 0 Å². The molecule has 4 rings (SSSR count). The average molecular weight is 398 g/mol. The van der Waals surface area contributed by atoms with E-state index in [2.05, 4.69) is 37.4 Å². The van der Waals surface area contributed by atoms with Gasteiger partial charge in [-0.25, -0.2) is 4.98 Å². The maximum Gasteiger partial charge on any atom is 0.165 e. The molecule has 0 bridgehead atoms. The van der Waals surface area contributed by atoms with Crippen molar-refractivity contribution in [2.75, 3.05) is 18.8 Å². The van der Waals surface area contributed by atoms with Gasteiger partial charge in [0, 0.05) is 36.0 Å². The van der Waals surface area contributed by atoms with Crippen LogP contribution in [0.4, 0.5) is 5.82 Å². The maximum atomic E-state index is 9.11. The van der Waals surface area contributed by atoms with Gasteiger partial charge in [0.1, 0.15) is 11.9 Å². The lowest BCUT2D eigenvalue weighted by molar-refractivity contribution is 0.453.